The SMILES string of the molecule is CN(C)CCn1cc(NC(=O)Cc2ccccc2O)cn1. The van der Waals surface area contributed by atoms with E-state index in [0.717, 1.165) is 13.1 Å². The highest BCUT2D eigenvalue weighted by Crippen LogP contribution is 2.16. The number of rotatable bonds is 6. The number of phenolic OH excluding ortho intramolecular Hbond substituents is 1. The van der Waals surface area contributed by atoms with E-state index in [9.17, 15) is 9.90 Å². The molecule has 0 saturated heterocycles. The van der Waals surface area contributed by atoms with Gasteiger partial charge in [0.25, 0.3) is 0 Å². The third kappa shape index (κ3) is 4.61. The van der Waals surface area contributed by atoms with Crippen LogP contribution in [-0.2, 0) is 17.8 Å². The van der Waals surface area contributed by atoms with Gasteiger partial charge in [-0.25, -0.2) is 0 Å². The van der Waals surface area contributed by atoms with Gasteiger partial charge in [0.15, 0.2) is 0 Å². The lowest BCUT2D eigenvalue weighted by Gasteiger charge is -2.08. The first-order chi connectivity index (χ1) is 10.0. The maximum atomic E-state index is 11.9. The van der Waals surface area contributed by atoms with Crippen molar-refractivity contribution in [3.8, 4) is 5.75 Å². The molecule has 0 spiro atoms. The zero-order valence-corrected chi connectivity index (χ0v) is 12.3. The summed E-state index contributed by atoms with van der Waals surface area (Å²) in [5, 5.41) is 16.6. The standard InChI is InChI=1S/C15H20N4O2/c1-18(2)7-8-19-11-13(10-16-19)17-15(21)9-12-5-3-4-6-14(12)20/h3-6,10-11,20H,7-9H2,1-2H3,(H,17,21). The molecule has 2 N–H and O–H groups in total. The molecule has 6 heteroatoms. The van der Waals surface area contributed by atoms with Gasteiger partial charge in [-0.15, -0.1) is 0 Å². The molecule has 1 aromatic carbocycles. The number of likely N-dealkylation sites (N-methyl/N-ethyl adjacent to an activating group) is 1. The molecule has 0 radical (unpaired) electrons. The van der Waals surface area contributed by atoms with Crippen molar-refractivity contribution in [3.63, 3.8) is 0 Å². The fourth-order valence-corrected chi connectivity index (χ4v) is 1.89. The molecule has 21 heavy (non-hydrogen) atoms. The summed E-state index contributed by atoms with van der Waals surface area (Å²) in [6, 6.07) is 6.82. The van der Waals surface area contributed by atoms with E-state index in [1.165, 1.54) is 0 Å². The minimum Gasteiger partial charge on any atom is -0.508 e. The maximum absolute atomic E-state index is 11.9. The second kappa shape index (κ2) is 6.90. The number of benzene rings is 1. The molecule has 2 rings (SSSR count). The van der Waals surface area contributed by atoms with E-state index in [4.69, 9.17) is 0 Å². The van der Waals surface area contributed by atoms with Crippen molar-refractivity contribution in [2.24, 2.45) is 0 Å². The van der Waals surface area contributed by atoms with E-state index in [1.54, 1.807) is 41.3 Å². The van der Waals surface area contributed by atoms with Crippen molar-refractivity contribution in [2.45, 2.75) is 13.0 Å². The molecule has 2 aromatic rings. The fraction of sp³-hybridized carbons (Fsp3) is 0.333. The van der Waals surface area contributed by atoms with Gasteiger partial charge in [-0.05, 0) is 20.2 Å². The van der Waals surface area contributed by atoms with Gasteiger partial charge in [-0.2, -0.15) is 5.10 Å². The number of nitrogens with one attached hydrogen (secondary N) is 1. The Bertz CT molecular complexity index is 607. The average molecular weight is 288 g/mol. The Balaban J connectivity index is 1.90. The summed E-state index contributed by atoms with van der Waals surface area (Å²) >= 11 is 0. The number of hydrogen-bond donors (Lipinski definition) is 2. The largest absolute Gasteiger partial charge is 0.508 e. The van der Waals surface area contributed by atoms with Crippen LogP contribution < -0.4 is 5.32 Å². The molecule has 112 valence electrons. The fourth-order valence-electron chi connectivity index (χ4n) is 1.89. The van der Waals surface area contributed by atoms with Crippen molar-refractivity contribution in [2.75, 3.05) is 26.0 Å². The molecule has 1 heterocycles. The lowest BCUT2D eigenvalue weighted by Crippen LogP contribution is -2.18. The summed E-state index contributed by atoms with van der Waals surface area (Å²) in [4.78, 5) is 14.0. The van der Waals surface area contributed by atoms with Crippen LogP contribution in [0.1, 0.15) is 5.56 Å². The van der Waals surface area contributed by atoms with Crippen molar-refractivity contribution in [1.29, 1.82) is 0 Å². The van der Waals surface area contributed by atoms with Gasteiger partial charge < -0.3 is 15.3 Å². The van der Waals surface area contributed by atoms with E-state index in [1.807, 2.05) is 14.1 Å². The van der Waals surface area contributed by atoms with Gasteiger partial charge in [-0.3, -0.25) is 9.48 Å². The highest BCUT2D eigenvalue weighted by Gasteiger charge is 2.08. The van der Waals surface area contributed by atoms with Crippen LogP contribution in [0, 0.1) is 0 Å². The summed E-state index contributed by atoms with van der Waals surface area (Å²) in [5.74, 6) is -0.0435. The normalized spacial score (nSPS) is 10.8. The maximum Gasteiger partial charge on any atom is 0.229 e. The molecule has 0 fully saturated rings. The number of aromatic nitrogens is 2. The monoisotopic (exact) mass is 288 g/mol. The second-order valence-corrected chi connectivity index (χ2v) is 5.15. The Hall–Kier alpha value is -2.34. The zero-order chi connectivity index (χ0) is 15.2. The highest BCUT2D eigenvalue weighted by atomic mass is 16.3. The van der Waals surface area contributed by atoms with Gasteiger partial charge in [-0.1, -0.05) is 18.2 Å². The van der Waals surface area contributed by atoms with Crippen LogP contribution in [0.2, 0.25) is 0 Å². The number of hydrogen-bond acceptors (Lipinski definition) is 4. The van der Waals surface area contributed by atoms with E-state index in [-0.39, 0.29) is 18.1 Å². The smallest absolute Gasteiger partial charge is 0.229 e. The van der Waals surface area contributed by atoms with Crippen LogP contribution >= 0.6 is 0 Å². The number of carbonyl (C=O) groups excluding carboxylic acids is 1. The molecule has 0 atom stereocenters. The average Bonchev–Trinajstić information content (AvgIpc) is 2.86. The number of amides is 1. The van der Waals surface area contributed by atoms with Crippen molar-refractivity contribution < 1.29 is 9.90 Å². The second-order valence-electron chi connectivity index (χ2n) is 5.15. The molecule has 0 saturated carbocycles. The number of aromatic hydroxyl groups is 1. The predicted octanol–water partition coefficient (Wildman–Crippen LogP) is 1.33. The van der Waals surface area contributed by atoms with Gasteiger partial charge >= 0.3 is 0 Å². The summed E-state index contributed by atoms with van der Waals surface area (Å²) in [6.45, 7) is 1.65. The third-order valence-electron chi connectivity index (χ3n) is 3.04. The molecule has 1 amide bonds. The molecule has 0 aliphatic rings. The Morgan fingerprint density at radius 2 is 2.14 bits per heavy atom. The van der Waals surface area contributed by atoms with Crippen LogP contribution in [-0.4, -0.2) is 46.3 Å². The first-order valence-electron chi connectivity index (χ1n) is 6.78. The topological polar surface area (TPSA) is 70.4 Å². The molecule has 6 nitrogen and oxygen atoms in total. The van der Waals surface area contributed by atoms with Crippen LogP contribution in [0.15, 0.2) is 36.7 Å². The van der Waals surface area contributed by atoms with E-state index < -0.39 is 0 Å². The minimum atomic E-state index is -0.177. The lowest BCUT2D eigenvalue weighted by molar-refractivity contribution is -0.115. The number of nitrogens with zero attached hydrogens (tertiary/aromatic N) is 3. The summed E-state index contributed by atoms with van der Waals surface area (Å²) in [7, 11) is 4.00. The Morgan fingerprint density at radius 1 is 1.38 bits per heavy atom. The summed E-state index contributed by atoms with van der Waals surface area (Å²) in [6.07, 6.45) is 3.56. The summed E-state index contributed by atoms with van der Waals surface area (Å²) < 4.78 is 1.79. The van der Waals surface area contributed by atoms with Gasteiger partial charge in [0.2, 0.25) is 5.91 Å². The zero-order valence-electron chi connectivity index (χ0n) is 12.3. The predicted molar refractivity (Wildman–Crippen MR) is 81.2 cm³/mol. The van der Waals surface area contributed by atoms with Gasteiger partial charge in [0.05, 0.1) is 24.8 Å². The molecule has 0 aliphatic carbocycles. The quantitative estimate of drug-likeness (QED) is 0.841. The number of carbonyl (C=O) groups is 1. The van der Waals surface area contributed by atoms with Crippen LogP contribution in [0.5, 0.6) is 5.75 Å². The molecule has 0 bridgehead atoms. The molecule has 0 unspecified atom stereocenters. The minimum absolute atomic E-state index is 0.134. The first-order valence-corrected chi connectivity index (χ1v) is 6.78. The van der Waals surface area contributed by atoms with Gasteiger partial charge in [0.1, 0.15) is 5.75 Å². The Labute approximate surface area is 124 Å². The molecule has 0 aliphatic heterocycles. The summed E-state index contributed by atoms with van der Waals surface area (Å²) in [5.41, 5.74) is 1.27. The lowest BCUT2D eigenvalue weighted by atomic mass is 10.1. The van der Waals surface area contributed by atoms with Crippen LogP contribution in [0.4, 0.5) is 5.69 Å². The Kier molecular flexibility index (Phi) is 4.94. The Morgan fingerprint density at radius 3 is 2.86 bits per heavy atom. The van der Waals surface area contributed by atoms with Crippen LogP contribution in [0.3, 0.4) is 0 Å². The number of anilines is 1. The molecular weight excluding hydrogens is 268 g/mol. The first kappa shape index (κ1) is 15.1. The van der Waals surface area contributed by atoms with Gasteiger partial charge in [0, 0.05) is 18.3 Å². The van der Waals surface area contributed by atoms with Crippen molar-refractivity contribution in [3.05, 3.63) is 42.2 Å². The van der Waals surface area contributed by atoms with E-state index in [2.05, 4.69) is 15.3 Å². The number of para-hydroxylation sites is 1. The van der Waals surface area contributed by atoms with E-state index >= 15 is 0 Å². The van der Waals surface area contributed by atoms with Crippen LogP contribution in [0.25, 0.3) is 0 Å². The highest BCUT2D eigenvalue weighted by molar-refractivity contribution is 5.92. The number of phenols is 1. The molecular formula is C15H20N4O2. The van der Waals surface area contributed by atoms with Crippen molar-refractivity contribution in [1.82, 2.24) is 14.7 Å². The third-order valence-corrected chi connectivity index (χ3v) is 3.04. The van der Waals surface area contributed by atoms with E-state index in [0.29, 0.717) is 11.3 Å². The van der Waals surface area contributed by atoms with Crippen molar-refractivity contribution >= 4 is 11.6 Å². The molecule has 1 aromatic heterocycles.